The first-order valence-corrected chi connectivity index (χ1v) is 12.3. The molecule has 1 aromatic carbocycles. The topological polar surface area (TPSA) is 119 Å². The summed E-state index contributed by atoms with van der Waals surface area (Å²) in [5, 5.41) is 23.4. The molecule has 3 rings (SSSR count). The van der Waals surface area contributed by atoms with E-state index in [2.05, 4.69) is 10.5 Å². The first-order valence-electron chi connectivity index (χ1n) is 10.5. The number of carboxylic acid groups (broad SMARTS) is 1. The van der Waals surface area contributed by atoms with E-state index in [1.807, 2.05) is 0 Å². The molecule has 0 saturated carbocycles. The van der Waals surface area contributed by atoms with Crippen molar-refractivity contribution in [3.05, 3.63) is 63.0 Å². The molecule has 1 aliphatic heterocycles. The molecule has 0 spiro atoms. The average molecular weight is 542 g/mol. The van der Waals surface area contributed by atoms with Crippen LogP contribution in [0.2, 0.25) is 0 Å². The number of carbonyl (C=O) groups is 3. The summed E-state index contributed by atoms with van der Waals surface area (Å²) in [6, 6.07) is 7.42. The number of thiophene rings is 1. The number of thioether (sulfide) groups is 1. The Hall–Kier alpha value is -3.32. The molecule has 0 fully saturated rings. The molecule has 1 aliphatic rings. The van der Waals surface area contributed by atoms with Crippen molar-refractivity contribution in [1.29, 1.82) is 0 Å². The zero-order valence-corrected chi connectivity index (χ0v) is 20.8. The number of nitrogens with zero attached hydrogens (tertiary/aromatic N) is 2. The molecular formula is C23H22F3N3O5S2. The van der Waals surface area contributed by atoms with Gasteiger partial charge in [-0.2, -0.15) is 18.3 Å². The van der Waals surface area contributed by atoms with Gasteiger partial charge in [-0.3, -0.25) is 14.4 Å². The fourth-order valence-electron chi connectivity index (χ4n) is 3.24. The van der Waals surface area contributed by atoms with Crippen LogP contribution < -0.4 is 5.43 Å². The Labute approximate surface area is 212 Å². The van der Waals surface area contributed by atoms with Crippen LogP contribution in [0, 0.1) is 5.92 Å². The normalized spacial score (nSPS) is 16.2. The Morgan fingerprint density at radius 3 is 2.39 bits per heavy atom. The first-order chi connectivity index (χ1) is 16.9. The number of aliphatic carboxylic acids is 1. The summed E-state index contributed by atoms with van der Waals surface area (Å²) in [7, 11) is 1.47. The van der Waals surface area contributed by atoms with Crippen LogP contribution in [0.5, 0.6) is 0 Å². The molecule has 3 N–H and O–H groups in total. The third-order valence-electron chi connectivity index (χ3n) is 5.32. The number of aliphatic hydroxyl groups excluding tert-OH is 1. The lowest BCUT2D eigenvalue weighted by Gasteiger charge is -2.14. The fourth-order valence-corrected chi connectivity index (χ4v) is 5.45. The van der Waals surface area contributed by atoms with Crippen LogP contribution in [-0.4, -0.2) is 58.0 Å². The molecule has 2 amide bonds. The lowest BCUT2D eigenvalue weighted by Crippen LogP contribution is -2.28. The van der Waals surface area contributed by atoms with Gasteiger partial charge >= 0.3 is 12.1 Å². The van der Waals surface area contributed by atoms with Crippen molar-refractivity contribution in [3.63, 3.8) is 0 Å². The van der Waals surface area contributed by atoms with Crippen LogP contribution in [0.15, 0.2) is 47.3 Å². The lowest BCUT2D eigenvalue weighted by atomic mass is 10.0. The molecule has 0 radical (unpaired) electrons. The highest BCUT2D eigenvalue weighted by molar-refractivity contribution is 8.08. The van der Waals surface area contributed by atoms with Gasteiger partial charge in [0.2, 0.25) is 0 Å². The summed E-state index contributed by atoms with van der Waals surface area (Å²) in [6.45, 7) is 1.64. The molecule has 192 valence electrons. The molecule has 13 heteroatoms. The van der Waals surface area contributed by atoms with Crippen LogP contribution >= 0.6 is 23.1 Å². The lowest BCUT2D eigenvalue weighted by molar-refractivity contribution is -0.138. The summed E-state index contributed by atoms with van der Waals surface area (Å²) in [5.74, 6) is -2.17. The molecule has 8 nitrogen and oxygen atoms in total. The number of nitrogens with one attached hydrogen (secondary N) is 1. The molecule has 2 heterocycles. The number of hydrogen-bond acceptors (Lipinski definition) is 7. The summed E-state index contributed by atoms with van der Waals surface area (Å²) in [4.78, 5) is 37.7. The molecule has 2 aromatic rings. The number of hydrazone groups is 1. The van der Waals surface area contributed by atoms with Crippen molar-refractivity contribution in [2.45, 2.75) is 19.5 Å². The maximum atomic E-state index is 12.8. The predicted molar refractivity (Wildman–Crippen MR) is 131 cm³/mol. The highest BCUT2D eigenvalue weighted by Gasteiger charge is 2.32. The van der Waals surface area contributed by atoms with E-state index in [0.29, 0.717) is 21.9 Å². The van der Waals surface area contributed by atoms with Gasteiger partial charge in [-0.15, -0.1) is 23.1 Å². The van der Waals surface area contributed by atoms with Crippen molar-refractivity contribution < 1.29 is 37.8 Å². The Balaban J connectivity index is 1.64. The molecule has 1 atom stereocenters. The van der Waals surface area contributed by atoms with Gasteiger partial charge in [0.15, 0.2) is 0 Å². The number of rotatable bonds is 8. The number of amides is 2. The Bertz CT molecular complexity index is 1220. The minimum Gasteiger partial charge on any atom is -0.510 e. The van der Waals surface area contributed by atoms with Crippen LogP contribution in [0.4, 0.5) is 13.2 Å². The molecule has 1 unspecified atom stereocenters. The number of halogens is 3. The largest absolute Gasteiger partial charge is 0.510 e. The molecular weight excluding hydrogens is 519 g/mol. The second-order valence-electron chi connectivity index (χ2n) is 7.88. The van der Waals surface area contributed by atoms with Crippen LogP contribution in [0.3, 0.4) is 0 Å². The number of aliphatic hydroxyl groups is 1. The van der Waals surface area contributed by atoms with Crippen molar-refractivity contribution in [3.8, 4) is 0 Å². The molecule has 0 bridgehead atoms. The van der Waals surface area contributed by atoms with E-state index in [1.165, 1.54) is 48.0 Å². The average Bonchev–Trinajstić information content (AvgIpc) is 3.47. The van der Waals surface area contributed by atoms with Crippen molar-refractivity contribution in [2.75, 3.05) is 19.3 Å². The van der Waals surface area contributed by atoms with Gasteiger partial charge in [-0.1, -0.05) is 12.1 Å². The minimum atomic E-state index is -4.45. The van der Waals surface area contributed by atoms with Gasteiger partial charge in [0.05, 0.1) is 32.6 Å². The van der Waals surface area contributed by atoms with Crippen molar-refractivity contribution in [1.82, 2.24) is 10.3 Å². The second kappa shape index (κ2) is 11.2. The van der Waals surface area contributed by atoms with E-state index in [0.717, 1.165) is 23.5 Å². The van der Waals surface area contributed by atoms with Gasteiger partial charge in [0, 0.05) is 25.1 Å². The van der Waals surface area contributed by atoms with Crippen molar-refractivity contribution in [2.24, 2.45) is 11.0 Å². The van der Waals surface area contributed by atoms with E-state index < -0.39 is 35.4 Å². The highest BCUT2D eigenvalue weighted by Crippen LogP contribution is 2.42. The van der Waals surface area contributed by atoms with Gasteiger partial charge in [0.1, 0.15) is 5.76 Å². The maximum absolute atomic E-state index is 12.8. The SMILES string of the molecule is C/C(=N\NC(=O)c1ccc(C(=O)N(C)CCC(=O)O)s1)C1CSC(c2ccc(C(F)(F)F)cc2)=C1O. The minimum absolute atomic E-state index is 0.0297. The van der Waals surface area contributed by atoms with Crippen LogP contribution in [0.1, 0.15) is 43.8 Å². The number of carbonyl (C=O) groups excluding carboxylic acids is 2. The third-order valence-corrected chi connectivity index (χ3v) is 7.62. The quantitative estimate of drug-likeness (QED) is 0.329. The number of hydrogen-bond donors (Lipinski definition) is 3. The van der Waals surface area contributed by atoms with Crippen LogP contribution in [-0.2, 0) is 11.0 Å². The number of carboxylic acids is 1. The molecule has 36 heavy (non-hydrogen) atoms. The first kappa shape index (κ1) is 27.3. The Morgan fingerprint density at radius 2 is 1.78 bits per heavy atom. The van der Waals surface area contributed by atoms with Gasteiger partial charge in [0.25, 0.3) is 11.8 Å². The molecule has 0 aliphatic carbocycles. The van der Waals surface area contributed by atoms with E-state index in [1.54, 1.807) is 6.92 Å². The summed E-state index contributed by atoms with van der Waals surface area (Å²) >= 11 is 2.21. The van der Waals surface area contributed by atoms with Crippen LogP contribution in [0.25, 0.3) is 4.91 Å². The van der Waals surface area contributed by atoms with E-state index >= 15 is 0 Å². The number of benzene rings is 1. The monoisotopic (exact) mass is 541 g/mol. The molecule has 0 saturated heterocycles. The third kappa shape index (κ3) is 6.46. The van der Waals surface area contributed by atoms with Gasteiger partial charge in [-0.25, -0.2) is 5.43 Å². The standard InChI is InChI=1S/C23H22F3N3O5S2/c1-12(15-11-35-20(19(15)32)13-3-5-14(6-4-13)23(24,25)26)27-28-21(33)16-7-8-17(36-16)22(34)29(2)10-9-18(30)31/h3-8,15,32H,9-11H2,1-2H3,(H,28,33)(H,30,31)/b27-12+. The van der Waals surface area contributed by atoms with Gasteiger partial charge < -0.3 is 15.1 Å². The fraction of sp³-hybridized carbons (Fsp3) is 0.304. The number of allylic oxidation sites excluding steroid dienone is 1. The Morgan fingerprint density at radius 1 is 1.14 bits per heavy atom. The smallest absolute Gasteiger partial charge is 0.416 e. The highest BCUT2D eigenvalue weighted by atomic mass is 32.2. The maximum Gasteiger partial charge on any atom is 0.416 e. The van der Waals surface area contributed by atoms with E-state index in [-0.39, 0.29) is 28.5 Å². The zero-order valence-electron chi connectivity index (χ0n) is 19.1. The zero-order chi connectivity index (χ0) is 26.6. The van der Waals surface area contributed by atoms with Crippen molar-refractivity contribution >= 4 is 51.5 Å². The summed E-state index contributed by atoms with van der Waals surface area (Å²) in [6.07, 6.45) is -4.65. The van der Waals surface area contributed by atoms with E-state index in [9.17, 15) is 32.7 Å². The predicted octanol–water partition coefficient (Wildman–Crippen LogP) is 4.71. The van der Waals surface area contributed by atoms with Gasteiger partial charge in [-0.05, 0) is 36.8 Å². The number of alkyl halides is 3. The van der Waals surface area contributed by atoms with E-state index in [4.69, 9.17) is 5.11 Å². The summed E-state index contributed by atoms with van der Waals surface area (Å²) < 4.78 is 38.4. The molecule has 1 aromatic heterocycles. The second-order valence-corrected chi connectivity index (χ2v) is 10.00. The Kier molecular flexibility index (Phi) is 8.46. The summed E-state index contributed by atoms with van der Waals surface area (Å²) in [5.41, 5.74) is 2.46.